The van der Waals surface area contributed by atoms with Gasteiger partial charge in [0, 0.05) is 0 Å². The highest BCUT2D eigenvalue weighted by Crippen LogP contribution is 2.60. The molecule has 0 aliphatic heterocycles. The van der Waals surface area contributed by atoms with Crippen LogP contribution in [0.15, 0.2) is 36.4 Å². The molecule has 0 aliphatic rings. The molecule has 60 heavy (non-hydrogen) atoms. The number of nitro groups is 12. The Hall–Kier alpha value is -10.3. The van der Waals surface area contributed by atoms with Crippen molar-refractivity contribution < 1.29 is 59.1 Å². The summed E-state index contributed by atoms with van der Waals surface area (Å²) in [5.74, 6) is 0. The molecule has 36 heteroatoms. The molecule has 0 radical (unpaired) electrons. The third-order valence-corrected chi connectivity index (χ3v) is 7.79. The van der Waals surface area contributed by atoms with Gasteiger partial charge in [-0.05, 0) is 0 Å². The fourth-order valence-electron chi connectivity index (χ4n) is 5.70. The van der Waals surface area contributed by atoms with Crippen LogP contribution in [0.3, 0.4) is 0 Å². The van der Waals surface area contributed by atoms with E-state index in [0.717, 1.165) is 0 Å². The van der Waals surface area contributed by atoms with Gasteiger partial charge < -0.3 is 0 Å². The number of nitrogens with zero attached hydrogens (tertiary/aromatic N) is 12. The van der Waals surface area contributed by atoms with Gasteiger partial charge in [-0.2, -0.15) is 0 Å². The van der Waals surface area contributed by atoms with Crippen molar-refractivity contribution in [2.45, 2.75) is 0 Å². The van der Waals surface area contributed by atoms with Crippen LogP contribution in [0, 0.1) is 121 Å². The molecular formula is C24H6N12O24. The van der Waals surface area contributed by atoms with E-state index in [1.807, 2.05) is 0 Å². The third-order valence-electron chi connectivity index (χ3n) is 7.79. The van der Waals surface area contributed by atoms with Crippen LogP contribution >= 0.6 is 0 Å². The van der Waals surface area contributed by atoms with Gasteiger partial charge in [0.05, 0.1) is 95.5 Å². The van der Waals surface area contributed by atoms with Gasteiger partial charge >= 0.3 is 0 Å². The number of non-ortho nitro benzene ring substituents is 2. The summed E-state index contributed by atoms with van der Waals surface area (Å²) < 4.78 is 0. The summed E-state index contributed by atoms with van der Waals surface area (Å²) in [5.41, 5.74) is -37.7. The van der Waals surface area contributed by atoms with E-state index in [-0.39, 0.29) is 24.3 Å². The summed E-state index contributed by atoms with van der Waals surface area (Å²) in [6, 6.07) is -1.59. The summed E-state index contributed by atoms with van der Waals surface area (Å²) in [6.07, 6.45) is 0. The Morgan fingerprint density at radius 3 is 0.533 bits per heavy atom. The first-order valence-corrected chi connectivity index (χ1v) is 14.3. The van der Waals surface area contributed by atoms with Gasteiger partial charge in [-0.3, -0.25) is 121 Å². The van der Waals surface area contributed by atoms with E-state index in [9.17, 15) is 121 Å². The van der Waals surface area contributed by atoms with E-state index in [2.05, 4.69) is 0 Å². The van der Waals surface area contributed by atoms with E-state index in [1.165, 1.54) is 0 Å². The normalized spacial score (nSPS) is 10.6. The van der Waals surface area contributed by atoms with Crippen molar-refractivity contribution in [2.75, 3.05) is 0 Å². The molecule has 4 aromatic carbocycles. The standard InChI is InChI=1S/C24H6N12O24/c37-25(38)7-1-9(27(41)42)17(10(2-7)28(43)44)19-13(31(49)50)5-15(33(53)54)21(23(19)35(57)58)22-16(34(55)56)6-14(32(51)52)20(24(22)36(59)60)18-11(29(45)46)3-8(26(39)40)4-12(18)30(47)48/h1-6H. The van der Waals surface area contributed by atoms with Gasteiger partial charge in [0.15, 0.2) is 33.4 Å². The van der Waals surface area contributed by atoms with E-state index in [4.69, 9.17) is 0 Å². The zero-order valence-corrected chi connectivity index (χ0v) is 27.6. The monoisotopic (exact) mass is 846 g/mol. The van der Waals surface area contributed by atoms with Crippen LogP contribution in [-0.4, -0.2) is 59.1 Å². The Balaban J connectivity index is 2.64. The predicted octanol–water partition coefficient (Wildman–Crippen LogP) is 5.59. The minimum Gasteiger partial charge on any atom is -0.258 e. The molecule has 0 spiro atoms. The van der Waals surface area contributed by atoms with Crippen molar-refractivity contribution in [1.82, 2.24) is 0 Å². The molecule has 306 valence electrons. The first-order valence-electron chi connectivity index (χ1n) is 14.3. The predicted molar refractivity (Wildman–Crippen MR) is 183 cm³/mol. The summed E-state index contributed by atoms with van der Waals surface area (Å²) in [7, 11) is 0. The zero-order valence-electron chi connectivity index (χ0n) is 27.6. The average molecular weight is 846 g/mol. The van der Waals surface area contributed by atoms with E-state index in [1.54, 1.807) is 0 Å². The highest BCUT2D eigenvalue weighted by atomic mass is 16.7. The highest BCUT2D eigenvalue weighted by molar-refractivity contribution is 6.08. The summed E-state index contributed by atoms with van der Waals surface area (Å²) in [6.45, 7) is 0. The quantitative estimate of drug-likeness (QED) is 0.104. The number of benzene rings is 4. The third kappa shape index (κ3) is 7.02. The van der Waals surface area contributed by atoms with Crippen LogP contribution in [0.4, 0.5) is 68.2 Å². The van der Waals surface area contributed by atoms with Crippen molar-refractivity contribution in [3.63, 3.8) is 0 Å². The lowest BCUT2D eigenvalue weighted by atomic mass is 9.86. The van der Waals surface area contributed by atoms with Gasteiger partial charge in [-0.1, -0.05) is 0 Å². The second-order valence-corrected chi connectivity index (χ2v) is 10.8. The molecule has 0 bridgehead atoms. The highest BCUT2D eigenvalue weighted by Gasteiger charge is 2.51. The largest absolute Gasteiger partial charge is 0.299 e. The van der Waals surface area contributed by atoms with E-state index in [0.29, 0.717) is 0 Å². The second kappa shape index (κ2) is 15.1. The van der Waals surface area contributed by atoms with Gasteiger partial charge in [0.1, 0.15) is 0 Å². The molecule has 0 N–H and O–H groups in total. The second-order valence-electron chi connectivity index (χ2n) is 10.8. The fourth-order valence-corrected chi connectivity index (χ4v) is 5.70. The molecule has 0 heterocycles. The van der Waals surface area contributed by atoms with Crippen LogP contribution in [0.5, 0.6) is 0 Å². The van der Waals surface area contributed by atoms with Crippen molar-refractivity contribution in [3.8, 4) is 33.4 Å². The fraction of sp³-hybridized carbons (Fsp3) is 0. The Bertz CT molecular complexity index is 2560. The molecule has 0 aromatic heterocycles. The van der Waals surface area contributed by atoms with Crippen LogP contribution in [0.2, 0.25) is 0 Å². The van der Waals surface area contributed by atoms with Gasteiger partial charge in [-0.25, -0.2) is 0 Å². The minimum absolute atomic E-state index is 0.168. The van der Waals surface area contributed by atoms with Crippen LogP contribution in [0.1, 0.15) is 0 Å². The van der Waals surface area contributed by atoms with E-state index < -0.39 is 173 Å². The molecular weight excluding hydrogens is 840 g/mol. The lowest BCUT2D eigenvalue weighted by molar-refractivity contribution is -0.406. The van der Waals surface area contributed by atoms with E-state index >= 15 is 0 Å². The summed E-state index contributed by atoms with van der Waals surface area (Å²) in [4.78, 5) is 126. The Morgan fingerprint density at radius 1 is 0.217 bits per heavy atom. The maximum Gasteiger partial charge on any atom is 0.299 e. The maximum absolute atomic E-state index is 13.0. The SMILES string of the molecule is O=[N+]([O-])c1cc([N+](=O)[O-])c(-c2c([N+](=O)[O-])cc([N+](=O)[O-])c(-c3c([N+](=O)[O-])cc([N+](=O)[O-])c(-c4c([N+](=O)[O-])cc([N+](=O)[O-])cc4[N+](=O)[O-])c3[N+](=O)[O-])c2[N+](=O)[O-])c([N+](=O)[O-])c1. The number of hydrogen-bond acceptors (Lipinski definition) is 24. The lowest BCUT2D eigenvalue weighted by Gasteiger charge is -2.13. The topological polar surface area (TPSA) is 518 Å². The van der Waals surface area contributed by atoms with Crippen molar-refractivity contribution >= 4 is 68.2 Å². The van der Waals surface area contributed by atoms with Crippen molar-refractivity contribution in [3.05, 3.63) is 158 Å². The Morgan fingerprint density at radius 2 is 0.383 bits per heavy atom. The van der Waals surface area contributed by atoms with Crippen LogP contribution in [0.25, 0.3) is 33.4 Å². The number of nitro benzene ring substituents is 12. The maximum atomic E-state index is 13.0. The van der Waals surface area contributed by atoms with Crippen LogP contribution in [-0.2, 0) is 0 Å². The molecule has 0 saturated carbocycles. The number of rotatable bonds is 15. The molecule has 4 aromatic rings. The lowest BCUT2D eigenvalue weighted by Crippen LogP contribution is -2.10. The van der Waals surface area contributed by atoms with Gasteiger partial charge in [0.25, 0.3) is 68.2 Å². The first kappa shape index (κ1) is 42.4. The molecule has 0 saturated heterocycles. The first-order chi connectivity index (χ1) is 27.8. The van der Waals surface area contributed by atoms with Gasteiger partial charge in [-0.15, -0.1) is 0 Å². The molecule has 0 atom stereocenters. The smallest absolute Gasteiger partial charge is 0.258 e. The minimum atomic E-state index is -2.52. The van der Waals surface area contributed by atoms with Crippen molar-refractivity contribution in [2.24, 2.45) is 0 Å². The van der Waals surface area contributed by atoms with Crippen LogP contribution < -0.4 is 0 Å². The molecule has 0 unspecified atom stereocenters. The summed E-state index contributed by atoms with van der Waals surface area (Å²) in [5, 5.41) is 147. The average Bonchev–Trinajstić information content (AvgIpc) is 3.14. The Labute approximate surface area is 318 Å². The molecule has 0 aliphatic carbocycles. The number of hydrogen-bond donors (Lipinski definition) is 0. The molecule has 0 fully saturated rings. The molecule has 4 rings (SSSR count). The zero-order chi connectivity index (χ0) is 45.6. The summed E-state index contributed by atoms with van der Waals surface area (Å²) >= 11 is 0. The van der Waals surface area contributed by atoms with Gasteiger partial charge in [0.2, 0.25) is 0 Å². The molecule has 0 amide bonds. The van der Waals surface area contributed by atoms with Crippen molar-refractivity contribution in [1.29, 1.82) is 0 Å². The molecule has 36 nitrogen and oxygen atoms in total. The Kier molecular flexibility index (Phi) is 10.7.